The summed E-state index contributed by atoms with van der Waals surface area (Å²) < 4.78 is 10.6. The highest BCUT2D eigenvalue weighted by Gasteiger charge is 2.15. The molecule has 1 aromatic rings. The van der Waals surface area contributed by atoms with E-state index in [0.717, 1.165) is 12.8 Å². The van der Waals surface area contributed by atoms with E-state index < -0.39 is 0 Å². The summed E-state index contributed by atoms with van der Waals surface area (Å²) in [5, 5.41) is 7.12. The van der Waals surface area contributed by atoms with Crippen molar-refractivity contribution in [1.29, 1.82) is 0 Å². The molecule has 2 atom stereocenters. The van der Waals surface area contributed by atoms with Gasteiger partial charge in [-0.15, -0.1) is 0 Å². The molecular formula is C11H21N3O2. The minimum atomic E-state index is -0.0998. The highest BCUT2D eigenvalue weighted by molar-refractivity contribution is 4.92. The lowest BCUT2D eigenvalue weighted by atomic mass is 10.1. The van der Waals surface area contributed by atoms with Crippen molar-refractivity contribution >= 4 is 0 Å². The van der Waals surface area contributed by atoms with Gasteiger partial charge in [0.1, 0.15) is 6.10 Å². The molecule has 16 heavy (non-hydrogen) atoms. The molecule has 1 N–H and O–H groups in total. The van der Waals surface area contributed by atoms with Gasteiger partial charge in [-0.05, 0) is 27.3 Å². The number of aromatic nitrogens is 2. The van der Waals surface area contributed by atoms with Crippen LogP contribution in [-0.2, 0) is 11.2 Å². The number of likely N-dealkylation sites (N-methyl/N-ethyl adjacent to an activating group) is 1. The SMILES string of the molecule is CCOC(C)c1noc(CC(CC)NC)n1. The van der Waals surface area contributed by atoms with Crippen molar-refractivity contribution in [2.45, 2.75) is 45.8 Å². The first-order valence-electron chi connectivity index (χ1n) is 5.82. The summed E-state index contributed by atoms with van der Waals surface area (Å²) in [7, 11) is 1.94. The largest absolute Gasteiger partial charge is 0.371 e. The zero-order valence-corrected chi connectivity index (χ0v) is 10.5. The number of nitrogens with one attached hydrogen (secondary N) is 1. The maximum absolute atomic E-state index is 5.40. The lowest BCUT2D eigenvalue weighted by Crippen LogP contribution is -2.26. The predicted octanol–water partition coefficient (Wildman–Crippen LogP) is 1.71. The van der Waals surface area contributed by atoms with Crippen LogP contribution in [0.15, 0.2) is 4.52 Å². The molecule has 0 bridgehead atoms. The normalized spacial score (nSPS) is 15.0. The zero-order chi connectivity index (χ0) is 12.0. The van der Waals surface area contributed by atoms with Crippen LogP contribution >= 0.6 is 0 Å². The van der Waals surface area contributed by atoms with Crippen LogP contribution in [0.3, 0.4) is 0 Å². The average Bonchev–Trinajstić information content (AvgIpc) is 2.74. The van der Waals surface area contributed by atoms with Crippen LogP contribution in [0.25, 0.3) is 0 Å². The highest BCUT2D eigenvalue weighted by atomic mass is 16.5. The monoisotopic (exact) mass is 227 g/mol. The van der Waals surface area contributed by atoms with Gasteiger partial charge in [0, 0.05) is 19.1 Å². The molecule has 5 nitrogen and oxygen atoms in total. The summed E-state index contributed by atoms with van der Waals surface area (Å²) in [4.78, 5) is 4.32. The average molecular weight is 227 g/mol. The topological polar surface area (TPSA) is 60.2 Å². The van der Waals surface area contributed by atoms with Crippen molar-refractivity contribution in [3.8, 4) is 0 Å². The van der Waals surface area contributed by atoms with E-state index in [1.165, 1.54) is 0 Å². The third-order valence-corrected chi connectivity index (χ3v) is 2.59. The van der Waals surface area contributed by atoms with Crippen LogP contribution in [0.5, 0.6) is 0 Å². The van der Waals surface area contributed by atoms with Crippen LogP contribution in [0.4, 0.5) is 0 Å². The molecule has 1 rings (SSSR count). The van der Waals surface area contributed by atoms with Gasteiger partial charge in [0.15, 0.2) is 5.82 Å². The van der Waals surface area contributed by atoms with Crippen LogP contribution in [-0.4, -0.2) is 29.8 Å². The van der Waals surface area contributed by atoms with Gasteiger partial charge in [-0.25, -0.2) is 0 Å². The number of hydrogen-bond donors (Lipinski definition) is 1. The summed E-state index contributed by atoms with van der Waals surface area (Å²) in [6.45, 7) is 6.65. The van der Waals surface area contributed by atoms with Crippen molar-refractivity contribution in [3.05, 3.63) is 11.7 Å². The third-order valence-electron chi connectivity index (χ3n) is 2.59. The Labute approximate surface area is 96.6 Å². The molecule has 0 saturated heterocycles. The molecule has 92 valence electrons. The van der Waals surface area contributed by atoms with E-state index in [4.69, 9.17) is 9.26 Å². The molecule has 0 fully saturated rings. The fourth-order valence-electron chi connectivity index (χ4n) is 1.50. The first-order valence-corrected chi connectivity index (χ1v) is 5.82. The lowest BCUT2D eigenvalue weighted by molar-refractivity contribution is 0.0683. The Kier molecular flexibility index (Phi) is 5.42. The van der Waals surface area contributed by atoms with Crippen LogP contribution in [0.1, 0.15) is 45.0 Å². The van der Waals surface area contributed by atoms with Gasteiger partial charge in [0.2, 0.25) is 5.89 Å². The molecule has 0 amide bonds. The van der Waals surface area contributed by atoms with Crippen molar-refractivity contribution in [2.75, 3.05) is 13.7 Å². The van der Waals surface area contributed by atoms with Crippen LogP contribution in [0, 0.1) is 0 Å². The van der Waals surface area contributed by atoms with Gasteiger partial charge in [-0.1, -0.05) is 12.1 Å². The van der Waals surface area contributed by atoms with Gasteiger partial charge in [-0.2, -0.15) is 4.98 Å². The quantitative estimate of drug-likeness (QED) is 0.768. The summed E-state index contributed by atoms with van der Waals surface area (Å²) in [6, 6.07) is 0.385. The van der Waals surface area contributed by atoms with Gasteiger partial charge in [-0.3, -0.25) is 0 Å². The summed E-state index contributed by atoms with van der Waals surface area (Å²) in [6.07, 6.45) is 1.70. The van der Waals surface area contributed by atoms with E-state index >= 15 is 0 Å². The Hall–Kier alpha value is -0.940. The van der Waals surface area contributed by atoms with E-state index in [1.807, 2.05) is 20.9 Å². The lowest BCUT2D eigenvalue weighted by Gasteiger charge is -2.09. The Morgan fingerprint density at radius 3 is 2.75 bits per heavy atom. The molecule has 0 aromatic carbocycles. The Morgan fingerprint density at radius 1 is 1.44 bits per heavy atom. The number of nitrogens with zero attached hydrogens (tertiary/aromatic N) is 2. The fourth-order valence-corrected chi connectivity index (χ4v) is 1.50. The third kappa shape index (κ3) is 3.57. The zero-order valence-electron chi connectivity index (χ0n) is 10.5. The number of rotatable bonds is 7. The Morgan fingerprint density at radius 2 is 2.19 bits per heavy atom. The van der Waals surface area contributed by atoms with Gasteiger partial charge in [0.05, 0.1) is 0 Å². The second-order valence-electron chi connectivity index (χ2n) is 3.74. The number of ether oxygens (including phenoxy) is 1. The summed E-state index contributed by atoms with van der Waals surface area (Å²) in [5.74, 6) is 1.30. The molecule has 0 aliphatic carbocycles. The van der Waals surface area contributed by atoms with Crippen LogP contribution < -0.4 is 5.32 Å². The van der Waals surface area contributed by atoms with Crippen molar-refractivity contribution in [2.24, 2.45) is 0 Å². The molecule has 0 radical (unpaired) electrons. The molecular weight excluding hydrogens is 206 g/mol. The van der Waals surface area contributed by atoms with Crippen LogP contribution in [0.2, 0.25) is 0 Å². The van der Waals surface area contributed by atoms with E-state index in [2.05, 4.69) is 22.4 Å². The number of hydrogen-bond acceptors (Lipinski definition) is 5. The standard InChI is InChI=1S/C11H21N3O2/c1-5-9(12-4)7-10-13-11(14-16-10)8(3)15-6-2/h8-9,12H,5-7H2,1-4H3. The first-order chi connectivity index (χ1) is 7.71. The summed E-state index contributed by atoms with van der Waals surface area (Å²) in [5.41, 5.74) is 0. The fraction of sp³-hybridized carbons (Fsp3) is 0.818. The molecule has 1 aromatic heterocycles. The molecule has 5 heteroatoms. The van der Waals surface area contributed by atoms with E-state index in [1.54, 1.807) is 0 Å². The van der Waals surface area contributed by atoms with Crippen molar-refractivity contribution in [1.82, 2.24) is 15.5 Å². The molecule has 0 spiro atoms. The van der Waals surface area contributed by atoms with Gasteiger partial charge >= 0.3 is 0 Å². The maximum atomic E-state index is 5.40. The van der Waals surface area contributed by atoms with Crippen molar-refractivity contribution < 1.29 is 9.26 Å². The predicted molar refractivity (Wildman–Crippen MR) is 61.2 cm³/mol. The Balaban J connectivity index is 2.57. The minimum Gasteiger partial charge on any atom is -0.371 e. The molecule has 0 aliphatic rings. The first kappa shape index (κ1) is 13.1. The second-order valence-corrected chi connectivity index (χ2v) is 3.74. The molecule has 0 saturated carbocycles. The van der Waals surface area contributed by atoms with E-state index in [9.17, 15) is 0 Å². The second kappa shape index (κ2) is 6.60. The Bertz CT molecular complexity index is 297. The molecule has 1 heterocycles. The van der Waals surface area contributed by atoms with E-state index in [0.29, 0.717) is 24.4 Å². The van der Waals surface area contributed by atoms with Crippen molar-refractivity contribution in [3.63, 3.8) is 0 Å². The van der Waals surface area contributed by atoms with E-state index in [-0.39, 0.29) is 6.10 Å². The summed E-state index contributed by atoms with van der Waals surface area (Å²) >= 11 is 0. The highest BCUT2D eigenvalue weighted by Crippen LogP contribution is 2.13. The molecule has 2 unspecified atom stereocenters. The molecule has 0 aliphatic heterocycles. The maximum Gasteiger partial charge on any atom is 0.228 e. The van der Waals surface area contributed by atoms with Gasteiger partial charge < -0.3 is 14.6 Å². The smallest absolute Gasteiger partial charge is 0.228 e. The minimum absolute atomic E-state index is 0.0998. The van der Waals surface area contributed by atoms with Gasteiger partial charge in [0.25, 0.3) is 0 Å².